The van der Waals surface area contributed by atoms with Gasteiger partial charge >= 0.3 is 6.16 Å². The maximum Gasteiger partial charge on any atom is 0.514 e. The highest BCUT2D eigenvalue weighted by Gasteiger charge is 2.47. The molecule has 7 rings (SSSR count). The van der Waals surface area contributed by atoms with Gasteiger partial charge in [-0.25, -0.2) is 13.6 Å². The number of benzene rings is 2. The monoisotopic (exact) mass is 589 g/mol. The van der Waals surface area contributed by atoms with Crippen LogP contribution >= 0.6 is 0 Å². The molecule has 4 heterocycles. The molecule has 1 saturated heterocycles. The third kappa shape index (κ3) is 4.12. The Balaban J connectivity index is 1.52. The fourth-order valence-corrected chi connectivity index (χ4v) is 6.09. The van der Waals surface area contributed by atoms with Crippen LogP contribution < -0.4 is 15.2 Å². The molecular formula is C31H25F2N3O7. The van der Waals surface area contributed by atoms with Gasteiger partial charge in [0, 0.05) is 35.5 Å². The fourth-order valence-electron chi connectivity index (χ4n) is 6.09. The van der Waals surface area contributed by atoms with Crippen molar-refractivity contribution in [2.45, 2.75) is 32.2 Å². The summed E-state index contributed by atoms with van der Waals surface area (Å²) < 4.78 is 54.1. The number of morpholine rings is 1. The second kappa shape index (κ2) is 10.1. The maximum absolute atomic E-state index is 15.8. The average molecular weight is 590 g/mol. The van der Waals surface area contributed by atoms with Gasteiger partial charge < -0.3 is 23.5 Å². The lowest BCUT2D eigenvalue weighted by atomic mass is 9.92. The van der Waals surface area contributed by atoms with Crippen LogP contribution in [0.2, 0.25) is 0 Å². The van der Waals surface area contributed by atoms with Gasteiger partial charge in [0.2, 0.25) is 11.2 Å². The fraction of sp³-hybridized carbons (Fsp3) is 0.258. The zero-order chi connectivity index (χ0) is 30.0. The van der Waals surface area contributed by atoms with Crippen molar-refractivity contribution in [2.75, 3.05) is 24.8 Å². The number of nitrogens with zero attached hydrogens (tertiary/aromatic N) is 3. The molecule has 2 aliphatic heterocycles. The van der Waals surface area contributed by atoms with E-state index in [9.17, 15) is 18.8 Å². The number of carbonyl (C=O) groups excluding carboxylic acids is 2. The first-order valence-electron chi connectivity index (χ1n) is 13.7. The Morgan fingerprint density at radius 3 is 2.65 bits per heavy atom. The number of ether oxygens (including phenoxy) is 3. The highest BCUT2D eigenvalue weighted by atomic mass is 19.2. The Labute approximate surface area is 243 Å². The van der Waals surface area contributed by atoms with E-state index in [1.54, 1.807) is 24.9 Å². The van der Waals surface area contributed by atoms with Crippen molar-refractivity contribution in [2.24, 2.45) is 0 Å². The highest BCUT2D eigenvalue weighted by Crippen LogP contribution is 2.49. The lowest BCUT2D eigenvalue weighted by Gasteiger charge is -2.51. The standard InChI is InChI=1S/C31H25F2N3O7/c1-16(2)42-31(39)43-29-22(37)9-11-35-27(29)30(38)34-12-14-40-15-23(34)36(35)26-17-5-3-4-6-18(17)28-20(10-13-41-28)24-19(26)7-8-21(32)25(24)33/h3-11,13,16,23,26H,12,14-15H2,1-2H3. The van der Waals surface area contributed by atoms with Gasteiger partial charge in [0.1, 0.15) is 11.9 Å². The number of carbonyl (C=O) groups is 2. The number of furan rings is 1. The molecule has 3 aliphatic rings. The van der Waals surface area contributed by atoms with Gasteiger partial charge in [-0.15, -0.1) is 0 Å². The predicted octanol–water partition coefficient (Wildman–Crippen LogP) is 4.83. The molecule has 2 aromatic heterocycles. The lowest BCUT2D eigenvalue weighted by molar-refractivity contribution is -0.0197. The molecule has 1 fully saturated rings. The molecule has 0 spiro atoms. The van der Waals surface area contributed by atoms with Crippen molar-refractivity contribution in [1.82, 2.24) is 9.58 Å². The summed E-state index contributed by atoms with van der Waals surface area (Å²) in [4.78, 5) is 41.1. The normalized spacial score (nSPS) is 18.7. The molecule has 1 amide bonds. The number of hydrogen-bond donors (Lipinski definition) is 0. The third-order valence-corrected chi connectivity index (χ3v) is 7.79. The zero-order valence-electron chi connectivity index (χ0n) is 23.1. The van der Waals surface area contributed by atoms with Crippen molar-refractivity contribution in [3.63, 3.8) is 0 Å². The topological polar surface area (TPSA) is 103 Å². The predicted molar refractivity (Wildman–Crippen MR) is 148 cm³/mol. The molecule has 4 aromatic rings. The maximum atomic E-state index is 15.8. The first kappa shape index (κ1) is 26.9. The smallest absolute Gasteiger partial charge is 0.464 e. The van der Waals surface area contributed by atoms with Crippen molar-refractivity contribution in [3.8, 4) is 28.2 Å². The van der Waals surface area contributed by atoms with E-state index in [4.69, 9.17) is 18.6 Å². The Morgan fingerprint density at radius 1 is 1.02 bits per heavy atom. The molecule has 0 bridgehead atoms. The summed E-state index contributed by atoms with van der Waals surface area (Å²) >= 11 is 0. The number of fused-ring (bicyclic) bond motifs is 7. The van der Waals surface area contributed by atoms with Gasteiger partial charge in [-0.05, 0) is 37.1 Å². The van der Waals surface area contributed by atoms with Crippen LogP contribution in [0.5, 0.6) is 5.75 Å². The van der Waals surface area contributed by atoms with Crippen LogP contribution in [0.15, 0.2) is 70.2 Å². The van der Waals surface area contributed by atoms with Gasteiger partial charge in [0.15, 0.2) is 17.3 Å². The molecule has 220 valence electrons. The van der Waals surface area contributed by atoms with Crippen molar-refractivity contribution in [3.05, 3.63) is 99.7 Å². The van der Waals surface area contributed by atoms with Crippen molar-refractivity contribution in [1.29, 1.82) is 0 Å². The number of rotatable bonds is 3. The van der Waals surface area contributed by atoms with E-state index in [0.29, 0.717) is 28.0 Å². The second-order valence-electron chi connectivity index (χ2n) is 10.6. The van der Waals surface area contributed by atoms with Crippen LogP contribution in [0.4, 0.5) is 13.6 Å². The molecule has 43 heavy (non-hydrogen) atoms. The quantitative estimate of drug-likeness (QED) is 0.313. The minimum absolute atomic E-state index is 0.00436. The Bertz CT molecular complexity index is 1850. The van der Waals surface area contributed by atoms with Crippen LogP contribution in [0.1, 0.15) is 41.5 Å². The SMILES string of the molecule is CC(C)OC(=O)Oc1c2n(ccc1=O)N(C1c3ccccc3-c3occc3-c3c1ccc(F)c3F)C1COCCN1C2=O. The lowest BCUT2D eigenvalue weighted by Crippen LogP contribution is -2.66. The molecule has 10 nitrogen and oxygen atoms in total. The largest absolute Gasteiger partial charge is 0.514 e. The Hall–Kier alpha value is -4.97. The minimum Gasteiger partial charge on any atom is -0.464 e. The van der Waals surface area contributed by atoms with Gasteiger partial charge in [0.05, 0.1) is 31.6 Å². The Kier molecular flexibility index (Phi) is 6.31. The van der Waals surface area contributed by atoms with E-state index in [1.165, 1.54) is 34.2 Å². The summed E-state index contributed by atoms with van der Waals surface area (Å²) in [6.45, 7) is 3.70. The molecule has 12 heteroatoms. The minimum atomic E-state index is -1.14. The summed E-state index contributed by atoms with van der Waals surface area (Å²) in [5.41, 5.74) is 1.13. The van der Waals surface area contributed by atoms with Crippen molar-refractivity contribution < 1.29 is 37.0 Å². The molecule has 1 aliphatic carbocycles. The molecule has 0 saturated carbocycles. The number of halogens is 2. The first-order valence-corrected chi connectivity index (χ1v) is 13.7. The summed E-state index contributed by atoms with van der Waals surface area (Å²) in [5, 5.41) is 1.76. The second-order valence-corrected chi connectivity index (χ2v) is 10.6. The highest BCUT2D eigenvalue weighted by molar-refractivity contribution is 5.97. The summed E-state index contributed by atoms with van der Waals surface area (Å²) in [5.74, 6) is -2.80. The molecule has 2 unspecified atom stereocenters. The van der Waals surface area contributed by atoms with Crippen LogP contribution in [-0.2, 0) is 9.47 Å². The van der Waals surface area contributed by atoms with E-state index in [0.717, 1.165) is 6.07 Å². The van der Waals surface area contributed by atoms with Crippen LogP contribution in [0.3, 0.4) is 0 Å². The molecule has 0 radical (unpaired) electrons. The van der Waals surface area contributed by atoms with Gasteiger partial charge in [-0.1, -0.05) is 30.3 Å². The number of amides is 1. The van der Waals surface area contributed by atoms with Gasteiger partial charge in [0.25, 0.3) is 5.91 Å². The van der Waals surface area contributed by atoms with E-state index >= 15 is 4.39 Å². The number of pyridine rings is 1. The summed E-state index contributed by atoms with van der Waals surface area (Å²) in [7, 11) is 0. The van der Waals surface area contributed by atoms with E-state index in [2.05, 4.69) is 0 Å². The first-order chi connectivity index (χ1) is 20.8. The van der Waals surface area contributed by atoms with Gasteiger partial charge in [-0.3, -0.25) is 19.3 Å². The van der Waals surface area contributed by atoms with Gasteiger partial charge in [-0.2, -0.15) is 0 Å². The van der Waals surface area contributed by atoms with E-state index in [1.807, 2.05) is 24.3 Å². The molecular weight excluding hydrogens is 564 g/mol. The Morgan fingerprint density at radius 2 is 1.84 bits per heavy atom. The van der Waals surface area contributed by atoms with Crippen molar-refractivity contribution >= 4 is 12.1 Å². The van der Waals surface area contributed by atoms with Crippen LogP contribution in [-0.4, -0.2) is 53.7 Å². The third-order valence-electron chi connectivity index (χ3n) is 7.79. The van der Waals surface area contributed by atoms with E-state index < -0.39 is 53.2 Å². The van der Waals surface area contributed by atoms with E-state index in [-0.39, 0.29) is 31.0 Å². The molecule has 0 N–H and O–H groups in total. The average Bonchev–Trinajstić information content (AvgIpc) is 3.43. The summed E-state index contributed by atoms with van der Waals surface area (Å²) in [6, 6.07) is 11.7. The summed E-state index contributed by atoms with van der Waals surface area (Å²) in [6.07, 6.45) is 0.399. The van der Waals surface area contributed by atoms with Crippen LogP contribution in [0.25, 0.3) is 22.5 Å². The molecule has 2 atom stereocenters. The number of hydrogen-bond acceptors (Lipinski definition) is 8. The number of aromatic nitrogens is 1. The zero-order valence-corrected chi connectivity index (χ0v) is 23.1. The molecule has 2 aromatic carbocycles. The van der Waals surface area contributed by atoms with Crippen LogP contribution in [0, 0.1) is 11.6 Å².